The van der Waals surface area contributed by atoms with E-state index in [-0.39, 0.29) is 17.0 Å². The first-order chi connectivity index (χ1) is 9.63. The van der Waals surface area contributed by atoms with Crippen LogP contribution in [0.5, 0.6) is 11.5 Å². The van der Waals surface area contributed by atoms with Gasteiger partial charge in [0.05, 0.1) is 30.3 Å². The summed E-state index contributed by atoms with van der Waals surface area (Å²) in [7, 11) is 3.03. The Balaban J connectivity index is 2.85. The Morgan fingerprint density at radius 3 is 2.45 bits per heavy atom. The molecule has 0 N–H and O–H groups in total. The third-order valence-electron chi connectivity index (χ3n) is 2.64. The summed E-state index contributed by atoms with van der Waals surface area (Å²) in [4.78, 5) is 21.1. The van der Waals surface area contributed by atoms with Crippen molar-refractivity contribution in [3.63, 3.8) is 0 Å². The molecule has 0 fully saturated rings. The number of aldehydes is 1. The molecule has 1 aromatic carbocycles. The summed E-state index contributed by atoms with van der Waals surface area (Å²) < 4.78 is 15.4. The molecular weight excluding hydrogens is 266 g/mol. The van der Waals surface area contributed by atoms with E-state index in [1.54, 1.807) is 7.11 Å². The van der Waals surface area contributed by atoms with Gasteiger partial charge in [-0.25, -0.2) is 0 Å². The van der Waals surface area contributed by atoms with Gasteiger partial charge in [-0.1, -0.05) is 0 Å². The second-order valence-corrected chi connectivity index (χ2v) is 3.99. The van der Waals surface area contributed by atoms with Crippen LogP contribution in [0.3, 0.4) is 0 Å². The van der Waals surface area contributed by atoms with Crippen molar-refractivity contribution in [2.75, 3.05) is 27.4 Å². The van der Waals surface area contributed by atoms with Gasteiger partial charge in [-0.05, 0) is 12.8 Å². The third-order valence-corrected chi connectivity index (χ3v) is 2.64. The molecular formula is C13H17NO6. The maximum Gasteiger partial charge on any atom is 0.283 e. The number of carbonyl (C=O) groups excluding carboxylic acids is 1. The van der Waals surface area contributed by atoms with Gasteiger partial charge >= 0.3 is 0 Å². The van der Waals surface area contributed by atoms with Gasteiger partial charge in [-0.2, -0.15) is 0 Å². The second-order valence-electron chi connectivity index (χ2n) is 3.99. The highest BCUT2D eigenvalue weighted by molar-refractivity contribution is 5.83. The van der Waals surface area contributed by atoms with Crippen LogP contribution in [0.4, 0.5) is 5.69 Å². The highest BCUT2D eigenvalue weighted by atomic mass is 16.6. The Bertz CT molecular complexity index is 474. The van der Waals surface area contributed by atoms with E-state index < -0.39 is 4.92 Å². The van der Waals surface area contributed by atoms with Gasteiger partial charge in [-0.3, -0.25) is 14.9 Å². The molecule has 20 heavy (non-hydrogen) atoms. The predicted molar refractivity (Wildman–Crippen MR) is 71.6 cm³/mol. The van der Waals surface area contributed by atoms with Gasteiger partial charge in [0.25, 0.3) is 5.69 Å². The minimum Gasteiger partial charge on any atom is -0.493 e. The first kappa shape index (κ1) is 15.9. The van der Waals surface area contributed by atoms with Gasteiger partial charge in [0, 0.05) is 19.8 Å². The lowest BCUT2D eigenvalue weighted by atomic mass is 10.1. The molecule has 0 unspecified atom stereocenters. The van der Waals surface area contributed by atoms with Crippen molar-refractivity contribution in [1.29, 1.82) is 0 Å². The van der Waals surface area contributed by atoms with Crippen LogP contribution in [0.1, 0.15) is 23.2 Å². The number of nitro benzene ring substituents is 1. The van der Waals surface area contributed by atoms with Crippen molar-refractivity contribution < 1.29 is 23.9 Å². The van der Waals surface area contributed by atoms with Crippen LogP contribution in [0.25, 0.3) is 0 Å². The number of rotatable bonds is 9. The lowest BCUT2D eigenvalue weighted by molar-refractivity contribution is -0.385. The zero-order valence-electron chi connectivity index (χ0n) is 11.5. The minimum absolute atomic E-state index is 0.0430. The summed E-state index contributed by atoms with van der Waals surface area (Å²) in [5.41, 5.74) is -0.341. The number of hydrogen-bond donors (Lipinski definition) is 0. The van der Waals surface area contributed by atoms with E-state index in [4.69, 9.17) is 14.2 Å². The minimum atomic E-state index is -0.624. The van der Waals surface area contributed by atoms with Gasteiger partial charge in [0.2, 0.25) is 0 Å². The van der Waals surface area contributed by atoms with Crippen LogP contribution in [0, 0.1) is 10.1 Å². The van der Waals surface area contributed by atoms with Crippen molar-refractivity contribution in [2.45, 2.75) is 12.8 Å². The highest BCUT2D eigenvalue weighted by Crippen LogP contribution is 2.34. The normalized spacial score (nSPS) is 10.1. The Morgan fingerprint density at radius 2 is 1.90 bits per heavy atom. The molecule has 0 atom stereocenters. The Labute approximate surface area is 116 Å². The van der Waals surface area contributed by atoms with E-state index >= 15 is 0 Å². The van der Waals surface area contributed by atoms with Gasteiger partial charge in [0.1, 0.15) is 0 Å². The molecule has 7 nitrogen and oxygen atoms in total. The molecule has 0 bridgehead atoms. The van der Waals surface area contributed by atoms with Gasteiger partial charge < -0.3 is 14.2 Å². The van der Waals surface area contributed by atoms with Crippen molar-refractivity contribution >= 4 is 12.0 Å². The predicted octanol–water partition coefficient (Wildman–Crippen LogP) is 2.22. The number of benzene rings is 1. The first-order valence-electron chi connectivity index (χ1n) is 6.07. The molecule has 0 radical (unpaired) electrons. The summed E-state index contributed by atoms with van der Waals surface area (Å²) in [5.74, 6) is 0.548. The monoisotopic (exact) mass is 283 g/mol. The molecule has 0 aliphatic carbocycles. The van der Waals surface area contributed by atoms with Crippen LogP contribution in [-0.4, -0.2) is 38.6 Å². The SMILES string of the molecule is COCCCCOc1cc([N+](=O)[O-])c(C=O)cc1OC. The number of ether oxygens (including phenoxy) is 3. The van der Waals surface area contributed by atoms with Crippen LogP contribution in [-0.2, 0) is 4.74 Å². The second kappa shape index (κ2) is 8.11. The average Bonchev–Trinajstić information content (AvgIpc) is 2.46. The molecule has 0 aliphatic heterocycles. The van der Waals surface area contributed by atoms with E-state index in [1.807, 2.05) is 0 Å². The van der Waals surface area contributed by atoms with Gasteiger partial charge in [0.15, 0.2) is 17.8 Å². The topological polar surface area (TPSA) is 87.9 Å². The van der Waals surface area contributed by atoms with E-state index in [0.717, 1.165) is 12.8 Å². The van der Waals surface area contributed by atoms with Crippen molar-refractivity contribution in [2.24, 2.45) is 0 Å². The maximum atomic E-state index is 10.9. The largest absolute Gasteiger partial charge is 0.493 e. The van der Waals surface area contributed by atoms with Crippen LogP contribution in [0.15, 0.2) is 12.1 Å². The smallest absolute Gasteiger partial charge is 0.283 e. The zero-order valence-corrected chi connectivity index (χ0v) is 11.5. The summed E-state index contributed by atoms with van der Waals surface area (Å²) in [6, 6.07) is 2.51. The van der Waals surface area contributed by atoms with Crippen molar-refractivity contribution in [1.82, 2.24) is 0 Å². The lowest BCUT2D eigenvalue weighted by Gasteiger charge is -2.11. The number of nitrogens with zero attached hydrogens (tertiary/aromatic N) is 1. The molecule has 1 rings (SSSR count). The van der Waals surface area contributed by atoms with Gasteiger partial charge in [-0.15, -0.1) is 0 Å². The molecule has 0 saturated carbocycles. The summed E-state index contributed by atoms with van der Waals surface area (Å²) in [6.45, 7) is 1.02. The first-order valence-corrected chi connectivity index (χ1v) is 6.07. The fourth-order valence-electron chi connectivity index (χ4n) is 1.62. The van der Waals surface area contributed by atoms with E-state index in [2.05, 4.69) is 0 Å². The zero-order chi connectivity index (χ0) is 15.0. The number of unbranched alkanes of at least 4 members (excludes halogenated alkanes) is 1. The molecule has 0 saturated heterocycles. The third kappa shape index (κ3) is 4.20. The van der Waals surface area contributed by atoms with Crippen molar-refractivity contribution in [3.8, 4) is 11.5 Å². The number of nitro groups is 1. The fraction of sp³-hybridized carbons (Fsp3) is 0.462. The molecule has 1 aromatic rings. The van der Waals surface area contributed by atoms with Crippen molar-refractivity contribution in [3.05, 3.63) is 27.8 Å². The maximum absolute atomic E-state index is 10.9. The molecule has 0 spiro atoms. The number of hydrogen-bond acceptors (Lipinski definition) is 6. The van der Waals surface area contributed by atoms with E-state index in [1.165, 1.54) is 19.2 Å². The summed E-state index contributed by atoms with van der Waals surface area (Å²) in [6.07, 6.45) is 2.00. The lowest BCUT2D eigenvalue weighted by Crippen LogP contribution is -2.03. The molecule has 0 heterocycles. The molecule has 0 aromatic heterocycles. The standard InChI is InChI=1S/C13H17NO6/c1-18-5-3-4-6-20-13-8-11(14(16)17)10(9-15)7-12(13)19-2/h7-9H,3-6H2,1-2H3. The van der Waals surface area contributed by atoms with Crippen LogP contribution in [0.2, 0.25) is 0 Å². The Hall–Kier alpha value is -2.15. The van der Waals surface area contributed by atoms with E-state index in [0.29, 0.717) is 25.2 Å². The average molecular weight is 283 g/mol. The number of carbonyl (C=O) groups is 1. The van der Waals surface area contributed by atoms with E-state index in [9.17, 15) is 14.9 Å². The Kier molecular flexibility index (Phi) is 6.45. The molecule has 0 amide bonds. The number of methoxy groups -OCH3 is 2. The van der Waals surface area contributed by atoms with Crippen LogP contribution >= 0.6 is 0 Å². The summed E-state index contributed by atoms with van der Waals surface area (Å²) >= 11 is 0. The quantitative estimate of drug-likeness (QED) is 0.299. The van der Waals surface area contributed by atoms with Crippen LogP contribution < -0.4 is 9.47 Å². The fourth-order valence-corrected chi connectivity index (χ4v) is 1.62. The molecule has 7 heteroatoms. The molecule has 110 valence electrons. The summed E-state index contributed by atoms with van der Waals surface area (Å²) in [5, 5.41) is 10.9. The Morgan fingerprint density at radius 1 is 1.20 bits per heavy atom. The molecule has 0 aliphatic rings. The highest BCUT2D eigenvalue weighted by Gasteiger charge is 2.19.